The Hall–Kier alpha value is -2.18. The Morgan fingerprint density at radius 3 is 2.15 bits per heavy atom. The molecular weight excluding hydrogens is 504 g/mol. The fourth-order valence-corrected chi connectivity index (χ4v) is 6.19. The van der Waals surface area contributed by atoms with Crippen LogP contribution in [0.2, 0.25) is 0 Å². The molecule has 0 bridgehead atoms. The van der Waals surface area contributed by atoms with Crippen LogP contribution in [-0.2, 0) is 25.5 Å². The summed E-state index contributed by atoms with van der Waals surface area (Å²) in [6.45, 7) is 11.5. The Morgan fingerprint density at radius 2 is 1.60 bits per heavy atom. The molecule has 0 spiro atoms. The van der Waals surface area contributed by atoms with Crippen LogP contribution >= 0.6 is 0 Å². The van der Waals surface area contributed by atoms with Gasteiger partial charge >= 0.3 is 11.9 Å². The molecule has 0 aliphatic heterocycles. The van der Waals surface area contributed by atoms with E-state index >= 15 is 0 Å². The lowest BCUT2D eigenvalue weighted by atomic mass is 9.64. The van der Waals surface area contributed by atoms with Gasteiger partial charge in [0.15, 0.2) is 0 Å². The van der Waals surface area contributed by atoms with E-state index in [4.69, 9.17) is 9.47 Å². The molecule has 2 N–H and O–H groups in total. The minimum absolute atomic E-state index is 0.171. The molecule has 0 saturated heterocycles. The predicted octanol–water partition coefficient (Wildman–Crippen LogP) is 6.77. The minimum Gasteiger partial charge on any atom is -0.465 e. The highest BCUT2D eigenvalue weighted by Crippen LogP contribution is 2.46. The molecule has 1 aromatic carbocycles. The second-order valence-corrected chi connectivity index (χ2v) is 12.2. The topological polar surface area (TPSA) is 93.1 Å². The third kappa shape index (κ3) is 10.3. The minimum atomic E-state index is -0.462. The third-order valence-corrected chi connectivity index (χ3v) is 8.81. The molecular formula is C34H54O6. The quantitative estimate of drug-likeness (QED) is 0.117. The number of aliphatic hydroxyl groups excluding tert-OH is 2. The van der Waals surface area contributed by atoms with Crippen molar-refractivity contribution in [3.63, 3.8) is 0 Å². The van der Waals surface area contributed by atoms with E-state index in [0.717, 1.165) is 44.9 Å². The van der Waals surface area contributed by atoms with Crippen molar-refractivity contribution in [2.75, 3.05) is 26.4 Å². The van der Waals surface area contributed by atoms with E-state index in [1.807, 2.05) is 0 Å². The number of aryl methyl sites for hydroxylation is 1. The van der Waals surface area contributed by atoms with Gasteiger partial charge < -0.3 is 19.7 Å². The van der Waals surface area contributed by atoms with Gasteiger partial charge in [0.05, 0.1) is 5.92 Å². The molecule has 0 amide bonds. The molecule has 2 rings (SSSR count). The van der Waals surface area contributed by atoms with Gasteiger partial charge in [-0.1, -0.05) is 70.9 Å². The van der Waals surface area contributed by atoms with Crippen LogP contribution < -0.4 is 0 Å². The van der Waals surface area contributed by atoms with Crippen LogP contribution in [0.5, 0.6) is 0 Å². The average Bonchev–Trinajstić information content (AvgIpc) is 2.97. The molecule has 0 heterocycles. The molecule has 2 unspecified atom stereocenters. The summed E-state index contributed by atoms with van der Waals surface area (Å²) >= 11 is 0. The second-order valence-electron chi connectivity index (χ2n) is 12.2. The summed E-state index contributed by atoms with van der Waals surface area (Å²) in [5.41, 5.74) is 2.70. The van der Waals surface area contributed by atoms with Crippen molar-refractivity contribution in [1.29, 1.82) is 0 Å². The number of carbonyl (C=O) groups excluding carboxylic acids is 2. The smallest absolute Gasteiger partial charge is 0.333 e. The molecule has 0 aromatic heterocycles. The normalized spacial score (nSPS) is 19.6. The number of carbonyl (C=O) groups is 2. The number of esters is 2. The third-order valence-electron chi connectivity index (χ3n) is 8.81. The lowest BCUT2D eigenvalue weighted by Crippen LogP contribution is -2.43. The monoisotopic (exact) mass is 558 g/mol. The first kappa shape index (κ1) is 34.0. The number of ether oxygens (including phenoxy) is 2. The summed E-state index contributed by atoms with van der Waals surface area (Å²) < 4.78 is 11.6. The van der Waals surface area contributed by atoms with Crippen LogP contribution in [0.15, 0.2) is 36.4 Å². The Morgan fingerprint density at radius 1 is 0.975 bits per heavy atom. The van der Waals surface area contributed by atoms with Crippen LogP contribution in [0.1, 0.15) is 109 Å². The van der Waals surface area contributed by atoms with Crippen molar-refractivity contribution >= 4 is 11.9 Å². The van der Waals surface area contributed by atoms with Crippen molar-refractivity contribution in [3.05, 3.63) is 47.5 Å². The van der Waals surface area contributed by atoms with E-state index in [2.05, 4.69) is 44.7 Å². The van der Waals surface area contributed by atoms with Crippen LogP contribution in [0.3, 0.4) is 0 Å². The molecule has 6 heteroatoms. The maximum absolute atomic E-state index is 12.9. The molecule has 1 aliphatic carbocycles. The van der Waals surface area contributed by atoms with E-state index in [1.54, 1.807) is 13.8 Å². The van der Waals surface area contributed by atoms with E-state index in [9.17, 15) is 19.8 Å². The van der Waals surface area contributed by atoms with E-state index in [0.29, 0.717) is 17.9 Å². The first-order valence-electron chi connectivity index (χ1n) is 15.5. The van der Waals surface area contributed by atoms with Gasteiger partial charge in [0.2, 0.25) is 0 Å². The summed E-state index contributed by atoms with van der Waals surface area (Å²) in [7, 11) is 0. The molecule has 1 aromatic rings. The summed E-state index contributed by atoms with van der Waals surface area (Å²) in [4.78, 5) is 25.3. The van der Waals surface area contributed by atoms with Gasteiger partial charge in [0, 0.05) is 30.1 Å². The average molecular weight is 559 g/mol. The SMILES string of the molecule is C=C(C)C(=O)OCC(CCC)(COC(=O)C(C)CC(CO)CO)C1CCC(c2ccc(CCCCC)cc2)CC1. The standard InChI is InChI=1S/C34H54O6/c1-6-8-9-10-27-11-13-29(14-12-27)30-15-17-31(18-16-30)34(19-7-2,23-39-32(37)25(3)4)24-40-33(38)26(5)20-28(21-35)22-36/h11-14,26,28,30-31,35-36H,3,6-10,15-24H2,1-2,4-5H3. The van der Waals surface area contributed by atoms with Crippen LogP contribution in [0.25, 0.3) is 0 Å². The number of rotatable bonds is 18. The lowest BCUT2D eigenvalue weighted by molar-refractivity contribution is -0.160. The van der Waals surface area contributed by atoms with Gasteiger partial charge in [0.25, 0.3) is 0 Å². The predicted molar refractivity (Wildman–Crippen MR) is 160 cm³/mol. The first-order valence-corrected chi connectivity index (χ1v) is 15.5. The molecule has 1 fully saturated rings. The Labute approximate surface area is 242 Å². The van der Waals surface area contributed by atoms with Crippen LogP contribution in [-0.4, -0.2) is 48.6 Å². The highest BCUT2D eigenvalue weighted by Gasteiger charge is 2.43. The van der Waals surface area contributed by atoms with E-state index in [1.165, 1.54) is 30.4 Å². The maximum atomic E-state index is 12.9. The first-order chi connectivity index (χ1) is 19.2. The van der Waals surface area contributed by atoms with Gasteiger partial charge in [-0.3, -0.25) is 4.79 Å². The Bertz CT molecular complexity index is 898. The Kier molecular flexibility index (Phi) is 15.0. The fourth-order valence-electron chi connectivity index (χ4n) is 6.19. The van der Waals surface area contributed by atoms with Gasteiger partial charge in [-0.25, -0.2) is 4.79 Å². The zero-order valence-corrected chi connectivity index (χ0v) is 25.5. The zero-order valence-electron chi connectivity index (χ0n) is 25.5. The van der Waals surface area contributed by atoms with Crippen molar-refractivity contribution in [2.24, 2.45) is 23.2 Å². The van der Waals surface area contributed by atoms with E-state index in [-0.39, 0.29) is 44.2 Å². The van der Waals surface area contributed by atoms with Gasteiger partial charge in [0.1, 0.15) is 13.2 Å². The molecule has 1 aliphatic rings. The number of aliphatic hydroxyl groups is 2. The number of hydrogen-bond acceptors (Lipinski definition) is 6. The molecule has 2 atom stereocenters. The molecule has 6 nitrogen and oxygen atoms in total. The number of unbranched alkanes of at least 4 members (excludes halogenated alkanes) is 2. The van der Waals surface area contributed by atoms with Crippen molar-refractivity contribution < 1.29 is 29.3 Å². The molecule has 226 valence electrons. The maximum Gasteiger partial charge on any atom is 0.333 e. The molecule has 0 radical (unpaired) electrons. The summed E-state index contributed by atoms with van der Waals surface area (Å²) in [5.74, 6) is -0.772. The van der Waals surface area contributed by atoms with Crippen LogP contribution in [0, 0.1) is 23.2 Å². The summed E-state index contributed by atoms with van der Waals surface area (Å²) in [6.07, 6.45) is 11.0. The number of benzene rings is 1. The highest BCUT2D eigenvalue weighted by molar-refractivity contribution is 5.86. The molecule has 1 saturated carbocycles. The van der Waals surface area contributed by atoms with Gasteiger partial charge in [-0.15, -0.1) is 0 Å². The number of hydrogen-bond donors (Lipinski definition) is 2. The van der Waals surface area contributed by atoms with Crippen LogP contribution in [0.4, 0.5) is 0 Å². The summed E-state index contributed by atoms with van der Waals surface area (Å²) in [6, 6.07) is 9.17. The van der Waals surface area contributed by atoms with Gasteiger partial charge in [-0.05, 0) is 81.3 Å². The molecule has 40 heavy (non-hydrogen) atoms. The Balaban J connectivity index is 2.12. The van der Waals surface area contributed by atoms with Crippen molar-refractivity contribution in [1.82, 2.24) is 0 Å². The summed E-state index contributed by atoms with van der Waals surface area (Å²) in [5, 5.41) is 18.8. The van der Waals surface area contributed by atoms with Crippen molar-refractivity contribution in [3.8, 4) is 0 Å². The highest BCUT2D eigenvalue weighted by atomic mass is 16.5. The van der Waals surface area contributed by atoms with Crippen molar-refractivity contribution in [2.45, 2.75) is 104 Å². The second kappa shape index (κ2) is 17.6. The van der Waals surface area contributed by atoms with E-state index < -0.39 is 17.3 Å². The fraction of sp³-hybridized carbons (Fsp3) is 0.706. The van der Waals surface area contributed by atoms with Gasteiger partial charge in [-0.2, -0.15) is 0 Å². The largest absolute Gasteiger partial charge is 0.465 e. The zero-order chi connectivity index (χ0) is 29.5. The lowest BCUT2D eigenvalue weighted by Gasteiger charge is -2.43.